The van der Waals surface area contributed by atoms with Crippen LogP contribution in [-0.2, 0) is 26.2 Å². The van der Waals surface area contributed by atoms with Gasteiger partial charge in [-0.25, -0.2) is 0 Å². The van der Waals surface area contributed by atoms with Gasteiger partial charge in [0.1, 0.15) is 0 Å². The van der Waals surface area contributed by atoms with Gasteiger partial charge in [-0.15, -0.1) is 13.2 Å². The molecule has 0 unspecified atom stereocenters. The van der Waals surface area contributed by atoms with Crippen molar-refractivity contribution in [1.82, 2.24) is 0 Å². The first-order chi connectivity index (χ1) is 11.9. The van der Waals surface area contributed by atoms with E-state index in [9.17, 15) is 0 Å². The predicted octanol–water partition coefficient (Wildman–Crippen LogP) is 4.63. The Balaban J connectivity index is -0.000000322. The summed E-state index contributed by atoms with van der Waals surface area (Å²) in [5.41, 5.74) is 14.7. The molecule has 0 saturated heterocycles. The van der Waals surface area contributed by atoms with Crippen LogP contribution in [0.5, 0.6) is 0 Å². The second kappa shape index (κ2) is 15.4. The van der Waals surface area contributed by atoms with E-state index in [1.54, 1.807) is 13.8 Å². The topological polar surface area (TPSA) is 46.1 Å². The van der Waals surface area contributed by atoms with Crippen LogP contribution < -0.4 is 10.2 Å². The summed E-state index contributed by atoms with van der Waals surface area (Å²) in [4.78, 5) is 0. The number of hydrogen-bond acceptors (Lipinski definition) is 2. The van der Waals surface area contributed by atoms with Crippen LogP contribution >= 0.6 is 0 Å². The molecule has 2 aromatic carbocycles. The zero-order chi connectivity index (χ0) is 21.2. The van der Waals surface area contributed by atoms with Crippen molar-refractivity contribution in [2.45, 2.75) is 83.1 Å². The molecule has 0 aliphatic heterocycles. The molecule has 27 heavy (non-hydrogen) atoms. The second-order valence-corrected chi connectivity index (χ2v) is 6.83. The Kier molecular flexibility index (Phi) is 17.8. The van der Waals surface area contributed by atoms with E-state index in [-0.39, 0.29) is 39.4 Å². The first kappa shape index (κ1) is 31.2. The molecule has 0 bridgehead atoms. The van der Waals surface area contributed by atoms with Gasteiger partial charge in [0.15, 0.2) is 0 Å². The molecule has 0 heterocycles. The molecule has 2 aromatic rings. The normalized spacial score (nSPS) is 9.11. The minimum Gasteiger partial charge on any atom is -0.855 e. The Hall–Kier alpha value is -0.497. The molecule has 152 valence electrons. The minimum atomic E-state index is 0. The van der Waals surface area contributed by atoms with Gasteiger partial charge < -0.3 is 10.2 Å². The fourth-order valence-electron chi connectivity index (χ4n) is 2.81. The summed E-state index contributed by atoms with van der Waals surface area (Å²) >= 11 is 0. The van der Waals surface area contributed by atoms with Gasteiger partial charge in [-0.05, 0) is 0 Å². The first-order valence-corrected chi connectivity index (χ1v) is 9.49. The third-order valence-corrected chi connectivity index (χ3v) is 5.62. The molecule has 0 N–H and O–H groups in total. The zero-order valence-electron chi connectivity index (χ0n) is 19.7. The Morgan fingerprint density at radius 2 is 0.630 bits per heavy atom. The van der Waals surface area contributed by atoms with Gasteiger partial charge in [-0.1, -0.05) is 83.1 Å². The summed E-state index contributed by atoms with van der Waals surface area (Å²) in [7, 11) is 0. The van der Waals surface area contributed by atoms with Gasteiger partial charge in [0.05, 0.1) is 0 Å². The van der Waals surface area contributed by atoms with Gasteiger partial charge in [0, 0.05) is 0 Å². The molecule has 0 amide bonds. The van der Waals surface area contributed by atoms with E-state index in [2.05, 4.69) is 69.2 Å². The van der Waals surface area contributed by atoms with Gasteiger partial charge >= 0.3 is 26.2 Å². The van der Waals surface area contributed by atoms with E-state index in [1.165, 1.54) is 55.6 Å². The van der Waals surface area contributed by atoms with Crippen LogP contribution in [0.1, 0.15) is 69.5 Å². The van der Waals surface area contributed by atoms with E-state index in [1.807, 2.05) is 0 Å². The molecule has 0 atom stereocenters. The molecule has 0 saturated carbocycles. The third-order valence-electron chi connectivity index (χ3n) is 5.62. The van der Waals surface area contributed by atoms with Gasteiger partial charge in [-0.2, -0.15) is 55.6 Å². The van der Waals surface area contributed by atoms with Crippen molar-refractivity contribution in [3.63, 3.8) is 0 Å². The quantitative estimate of drug-likeness (QED) is 0.548. The van der Waals surface area contributed by atoms with E-state index in [0.29, 0.717) is 0 Å². The second-order valence-electron chi connectivity index (χ2n) is 6.83. The smallest absolute Gasteiger partial charge is 0.855 e. The fraction of sp³-hybridized carbons (Fsp3) is 0.583. The van der Waals surface area contributed by atoms with Crippen LogP contribution in [0.2, 0.25) is 0 Å². The standard InChI is InChI=1S/2C10H15.2C2H5O.Zr/c2*1-6-7(2)9(4)10(5)8(6)3;2*1-2-3;/h2*1-5H3;2*2H2,1H3;/q4*-1;+4. The SMILES string of the molecule is CC[O-].CC[O-].Cc1c(C)c(C)[c-](C)c1C.Cc1c(C)c(C)[c-](C)c1C.[Zr+4]. The average Bonchev–Trinajstić information content (AvgIpc) is 2.87. The molecule has 0 radical (unpaired) electrons. The van der Waals surface area contributed by atoms with Crippen LogP contribution in [-0.4, -0.2) is 13.2 Å². The summed E-state index contributed by atoms with van der Waals surface area (Å²) < 4.78 is 0. The zero-order valence-corrected chi connectivity index (χ0v) is 22.2. The summed E-state index contributed by atoms with van der Waals surface area (Å²) in [6.07, 6.45) is 0. The predicted molar refractivity (Wildman–Crippen MR) is 113 cm³/mol. The van der Waals surface area contributed by atoms with E-state index in [4.69, 9.17) is 10.2 Å². The summed E-state index contributed by atoms with van der Waals surface area (Å²) in [6.45, 7) is 25.1. The molecule has 0 aromatic heterocycles. The average molecular weight is 452 g/mol. The summed E-state index contributed by atoms with van der Waals surface area (Å²) in [5, 5.41) is 17.9. The molecular weight excluding hydrogens is 411 g/mol. The van der Waals surface area contributed by atoms with Crippen molar-refractivity contribution < 1.29 is 36.4 Å². The molecule has 0 fully saturated rings. The van der Waals surface area contributed by atoms with Crippen molar-refractivity contribution in [2.24, 2.45) is 0 Å². The maximum Gasteiger partial charge on any atom is 4.00 e. The van der Waals surface area contributed by atoms with E-state index >= 15 is 0 Å². The van der Waals surface area contributed by atoms with Crippen LogP contribution in [0.4, 0.5) is 0 Å². The van der Waals surface area contributed by atoms with Crippen molar-refractivity contribution in [2.75, 3.05) is 13.2 Å². The van der Waals surface area contributed by atoms with Crippen LogP contribution in [0.3, 0.4) is 0 Å². The maximum atomic E-state index is 8.93. The number of rotatable bonds is 0. The van der Waals surface area contributed by atoms with E-state index < -0.39 is 0 Å². The molecule has 2 rings (SSSR count). The van der Waals surface area contributed by atoms with Crippen molar-refractivity contribution >= 4 is 0 Å². The Labute approximate surface area is 187 Å². The molecular formula is C24H40O2Zr. The van der Waals surface area contributed by atoms with Crippen molar-refractivity contribution in [1.29, 1.82) is 0 Å². The molecule has 0 aliphatic carbocycles. The molecule has 2 nitrogen and oxygen atoms in total. The van der Waals surface area contributed by atoms with Crippen molar-refractivity contribution in [3.05, 3.63) is 55.6 Å². The van der Waals surface area contributed by atoms with Gasteiger partial charge in [0.25, 0.3) is 0 Å². The third kappa shape index (κ3) is 9.03. The van der Waals surface area contributed by atoms with E-state index in [0.717, 1.165) is 0 Å². The fourth-order valence-corrected chi connectivity index (χ4v) is 2.81. The maximum absolute atomic E-state index is 8.93. The first-order valence-electron chi connectivity index (χ1n) is 9.49. The molecule has 0 aliphatic rings. The Morgan fingerprint density at radius 1 is 0.519 bits per heavy atom. The monoisotopic (exact) mass is 450 g/mol. The summed E-state index contributed by atoms with van der Waals surface area (Å²) in [5.74, 6) is 0. The minimum absolute atomic E-state index is 0. The van der Waals surface area contributed by atoms with Crippen molar-refractivity contribution in [3.8, 4) is 0 Å². The molecule has 3 heteroatoms. The molecule has 0 spiro atoms. The summed E-state index contributed by atoms with van der Waals surface area (Å²) in [6, 6.07) is 0. The van der Waals surface area contributed by atoms with Gasteiger partial charge in [-0.3, -0.25) is 0 Å². The van der Waals surface area contributed by atoms with Gasteiger partial charge in [0.2, 0.25) is 0 Å². The van der Waals surface area contributed by atoms with Crippen LogP contribution in [0, 0.1) is 69.2 Å². The largest absolute Gasteiger partial charge is 4.00 e. The number of hydrogen-bond donors (Lipinski definition) is 0. The Morgan fingerprint density at radius 3 is 0.667 bits per heavy atom. The Bertz CT molecular complexity index is 442. The van der Waals surface area contributed by atoms with Crippen LogP contribution in [0.15, 0.2) is 0 Å². The van der Waals surface area contributed by atoms with Crippen LogP contribution in [0.25, 0.3) is 0 Å².